The van der Waals surface area contributed by atoms with E-state index < -0.39 is 0 Å². The molecule has 0 aromatic heterocycles. The molecule has 3 heteroatoms. The van der Waals surface area contributed by atoms with Crippen LogP contribution in [-0.2, 0) is 4.79 Å². The van der Waals surface area contributed by atoms with Crippen LogP contribution < -0.4 is 4.74 Å². The van der Waals surface area contributed by atoms with Crippen LogP contribution in [0.5, 0.6) is 5.75 Å². The average Bonchev–Trinajstić information content (AvgIpc) is 2.54. The molecule has 116 valence electrons. The van der Waals surface area contributed by atoms with E-state index in [1.54, 1.807) is 11.8 Å². The fraction of sp³-hybridized carbons (Fsp3) is 0.611. The number of esters is 1. The average molecular weight is 306 g/mol. The van der Waals surface area contributed by atoms with E-state index in [0.717, 1.165) is 18.8 Å². The second-order valence-electron chi connectivity index (χ2n) is 5.96. The highest BCUT2D eigenvalue weighted by Gasteiger charge is 2.27. The lowest BCUT2D eigenvalue weighted by molar-refractivity contribution is -0.140. The predicted molar refractivity (Wildman–Crippen MR) is 88.8 cm³/mol. The first-order valence-corrected chi connectivity index (χ1v) is 9.31. The molecular weight excluding hydrogens is 280 g/mol. The highest BCUT2D eigenvalue weighted by Crippen LogP contribution is 2.33. The normalized spacial score (nSPS) is 22.0. The summed E-state index contributed by atoms with van der Waals surface area (Å²) >= 11 is 1.69. The van der Waals surface area contributed by atoms with E-state index in [1.807, 2.05) is 30.5 Å². The number of hydrogen-bond donors (Lipinski definition) is 0. The summed E-state index contributed by atoms with van der Waals surface area (Å²) in [5.41, 5.74) is 0. The van der Waals surface area contributed by atoms with Crippen molar-refractivity contribution in [2.75, 3.05) is 6.26 Å². The third-order valence-electron chi connectivity index (χ3n) is 4.42. The van der Waals surface area contributed by atoms with Crippen LogP contribution in [0.25, 0.3) is 0 Å². The Morgan fingerprint density at radius 1 is 1.19 bits per heavy atom. The zero-order chi connectivity index (χ0) is 15.1. The molecule has 0 spiro atoms. The van der Waals surface area contributed by atoms with Gasteiger partial charge in [0, 0.05) is 4.90 Å². The summed E-state index contributed by atoms with van der Waals surface area (Å²) in [4.78, 5) is 13.4. The van der Waals surface area contributed by atoms with Gasteiger partial charge in [-0.15, -0.1) is 11.8 Å². The van der Waals surface area contributed by atoms with Crippen LogP contribution in [0.4, 0.5) is 0 Å². The van der Waals surface area contributed by atoms with Gasteiger partial charge in [-0.05, 0) is 62.1 Å². The van der Waals surface area contributed by atoms with Gasteiger partial charge in [-0.2, -0.15) is 0 Å². The second-order valence-corrected chi connectivity index (χ2v) is 6.84. The Morgan fingerprint density at radius 3 is 2.43 bits per heavy atom. The smallest absolute Gasteiger partial charge is 0.314 e. The molecule has 0 unspecified atom stereocenters. The summed E-state index contributed by atoms with van der Waals surface area (Å²) in [5, 5.41) is 0. The second kappa shape index (κ2) is 8.47. The number of unbranched alkanes of at least 4 members (excludes halogenated alkanes) is 1. The first-order chi connectivity index (χ1) is 10.2. The minimum absolute atomic E-state index is 0.0409. The Balaban J connectivity index is 1.78. The van der Waals surface area contributed by atoms with Gasteiger partial charge in [0.1, 0.15) is 5.75 Å². The third kappa shape index (κ3) is 5.06. The molecule has 21 heavy (non-hydrogen) atoms. The van der Waals surface area contributed by atoms with Crippen LogP contribution in [0.3, 0.4) is 0 Å². The maximum absolute atomic E-state index is 12.2. The maximum atomic E-state index is 12.2. The van der Waals surface area contributed by atoms with E-state index in [1.165, 1.54) is 37.0 Å². The van der Waals surface area contributed by atoms with E-state index in [4.69, 9.17) is 4.74 Å². The monoisotopic (exact) mass is 306 g/mol. The molecule has 0 radical (unpaired) electrons. The van der Waals surface area contributed by atoms with Crippen molar-refractivity contribution >= 4 is 17.7 Å². The lowest BCUT2D eigenvalue weighted by atomic mass is 9.80. The van der Waals surface area contributed by atoms with Crippen molar-refractivity contribution in [1.29, 1.82) is 0 Å². The topological polar surface area (TPSA) is 26.3 Å². The van der Waals surface area contributed by atoms with Gasteiger partial charge < -0.3 is 4.74 Å². The van der Waals surface area contributed by atoms with E-state index in [0.29, 0.717) is 5.75 Å². The van der Waals surface area contributed by atoms with E-state index in [-0.39, 0.29) is 11.9 Å². The van der Waals surface area contributed by atoms with Gasteiger partial charge in [0.15, 0.2) is 0 Å². The molecule has 1 aromatic rings. The molecule has 1 aliphatic rings. The highest BCUT2D eigenvalue weighted by molar-refractivity contribution is 7.98. The van der Waals surface area contributed by atoms with Crippen molar-refractivity contribution in [3.8, 4) is 5.75 Å². The van der Waals surface area contributed by atoms with E-state index >= 15 is 0 Å². The molecule has 1 aliphatic carbocycles. The maximum Gasteiger partial charge on any atom is 0.314 e. The van der Waals surface area contributed by atoms with Gasteiger partial charge in [-0.3, -0.25) is 4.79 Å². The fourth-order valence-electron chi connectivity index (χ4n) is 3.02. The Bertz CT molecular complexity index is 433. The summed E-state index contributed by atoms with van der Waals surface area (Å²) in [6.07, 6.45) is 10.3. The largest absolute Gasteiger partial charge is 0.426 e. The van der Waals surface area contributed by atoms with Crippen LogP contribution in [0.2, 0.25) is 0 Å². The molecule has 0 saturated heterocycles. The molecule has 0 heterocycles. The first kappa shape index (κ1) is 16.4. The van der Waals surface area contributed by atoms with Gasteiger partial charge in [-0.1, -0.05) is 26.2 Å². The third-order valence-corrected chi connectivity index (χ3v) is 5.17. The molecule has 0 atom stereocenters. The number of carbonyl (C=O) groups is 1. The van der Waals surface area contributed by atoms with Crippen LogP contribution in [0.15, 0.2) is 29.2 Å². The van der Waals surface area contributed by atoms with Crippen molar-refractivity contribution in [3.63, 3.8) is 0 Å². The quantitative estimate of drug-likeness (QED) is 0.405. The number of rotatable bonds is 6. The molecule has 2 nitrogen and oxygen atoms in total. The van der Waals surface area contributed by atoms with Gasteiger partial charge in [0.2, 0.25) is 0 Å². The van der Waals surface area contributed by atoms with Crippen LogP contribution in [0.1, 0.15) is 51.9 Å². The molecule has 1 aromatic carbocycles. The van der Waals surface area contributed by atoms with Gasteiger partial charge in [0.25, 0.3) is 0 Å². The van der Waals surface area contributed by atoms with Crippen molar-refractivity contribution in [3.05, 3.63) is 24.3 Å². The number of ether oxygens (including phenoxy) is 1. The van der Waals surface area contributed by atoms with Crippen molar-refractivity contribution < 1.29 is 9.53 Å². The number of benzene rings is 1. The number of carbonyl (C=O) groups excluding carboxylic acids is 1. The van der Waals surface area contributed by atoms with Gasteiger partial charge in [0.05, 0.1) is 5.92 Å². The molecule has 0 aliphatic heterocycles. The lowest BCUT2D eigenvalue weighted by Gasteiger charge is -2.27. The standard InChI is InChI=1S/C18H26O2S/c1-3-4-5-14-6-8-15(9-7-14)18(19)20-16-10-12-17(21-2)13-11-16/h10-15H,3-9H2,1-2H3. The minimum atomic E-state index is -0.0409. The predicted octanol–water partition coefficient (Wildman–Crippen LogP) is 5.31. The first-order valence-electron chi connectivity index (χ1n) is 8.08. The van der Waals surface area contributed by atoms with Crippen LogP contribution in [-0.4, -0.2) is 12.2 Å². The van der Waals surface area contributed by atoms with E-state index in [2.05, 4.69) is 6.92 Å². The van der Waals surface area contributed by atoms with E-state index in [9.17, 15) is 4.79 Å². The molecular formula is C18H26O2S. The van der Waals surface area contributed by atoms with Crippen molar-refractivity contribution in [2.24, 2.45) is 11.8 Å². The molecule has 1 fully saturated rings. The number of thioether (sulfide) groups is 1. The summed E-state index contributed by atoms with van der Waals surface area (Å²) in [6, 6.07) is 7.76. The van der Waals surface area contributed by atoms with Crippen molar-refractivity contribution in [2.45, 2.75) is 56.8 Å². The zero-order valence-electron chi connectivity index (χ0n) is 13.1. The van der Waals surface area contributed by atoms with Crippen LogP contribution in [0, 0.1) is 11.8 Å². The molecule has 2 rings (SSSR count). The van der Waals surface area contributed by atoms with Crippen molar-refractivity contribution in [1.82, 2.24) is 0 Å². The summed E-state index contributed by atoms with van der Waals surface area (Å²) in [5.74, 6) is 1.56. The molecule has 0 N–H and O–H groups in total. The Morgan fingerprint density at radius 2 is 1.86 bits per heavy atom. The summed E-state index contributed by atoms with van der Waals surface area (Å²) < 4.78 is 5.52. The highest BCUT2D eigenvalue weighted by atomic mass is 32.2. The zero-order valence-corrected chi connectivity index (χ0v) is 14.0. The Labute approximate surface area is 132 Å². The fourth-order valence-corrected chi connectivity index (χ4v) is 3.43. The SMILES string of the molecule is CCCCC1CCC(C(=O)Oc2ccc(SC)cc2)CC1. The molecule has 0 amide bonds. The number of hydrogen-bond acceptors (Lipinski definition) is 3. The lowest BCUT2D eigenvalue weighted by Crippen LogP contribution is -2.25. The summed E-state index contributed by atoms with van der Waals surface area (Å²) in [7, 11) is 0. The van der Waals surface area contributed by atoms with Gasteiger partial charge >= 0.3 is 5.97 Å². The molecule has 0 bridgehead atoms. The van der Waals surface area contributed by atoms with Crippen LogP contribution >= 0.6 is 11.8 Å². The Hall–Kier alpha value is -0.960. The van der Waals surface area contributed by atoms with Gasteiger partial charge in [-0.25, -0.2) is 0 Å². The Kier molecular flexibility index (Phi) is 6.62. The molecule has 1 saturated carbocycles. The minimum Gasteiger partial charge on any atom is -0.426 e. The summed E-state index contributed by atoms with van der Waals surface area (Å²) in [6.45, 7) is 2.24.